The zero-order valence-corrected chi connectivity index (χ0v) is 17.6. The highest BCUT2D eigenvalue weighted by molar-refractivity contribution is 5.79. The van der Waals surface area contributed by atoms with Gasteiger partial charge in [0, 0.05) is 25.6 Å². The molecule has 0 unspecified atom stereocenters. The summed E-state index contributed by atoms with van der Waals surface area (Å²) >= 11 is 0. The Morgan fingerprint density at radius 3 is 2.25 bits per heavy atom. The highest BCUT2D eigenvalue weighted by atomic mass is 19.4. The molecular weight excluding hydrogens is 417 g/mol. The van der Waals surface area contributed by atoms with E-state index in [1.165, 1.54) is 11.6 Å². The molecule has 8 heteroatoms. The van der Waals surface area contributed by atoms with Gasteiger partial charge in [0.1, 0.15) is 0 Å². The number of rotatable bonds is 6. The number of piperidine rings is 1. The molecule has 168 valence electrons. The molecule has 2 heterocycles. The molecule has 1 aliphatic rings. The van der Waals surface area contributed by atoms with E-state index in [2.05, 4.69) is 27.4 Å². The van der Waals surface area contributed by atoms with Crippen molar-refractivity contribution in [1.29, 1.82) is 0 Å². The zero-order chi connectivity index (χ0) is 22.6. The summed E-state index contributed by atoms with van der Waals surface area (Å²) in [5.74, 6) is -0.387. The van der Waals surface area contributed by atoms with Gasteiger partial charge in [0.05, 0.1) is 11.0 Å². The normalized spacial score (nSPS) is 15.2. The summed E-state index contributed by atoms with van der Waals surface area (Å²) in [4.78, 5) is 22.2. The molecule has 3 aromatic rings. The van der Waals surface area contributed by atoms with Crippen LogP contribution >= 0.6 is 0 Å². The third kappa shape index (κ3) is 5.18. The highest BCUT2D eigenvalue weighted by Gasteiger charge is 2.39. The van der Waals surface area contributed by atoms with Crippen LogP contribution in [0.1, 0.15) is 30.5 Å². The van der Waals surface area contributed by atoms with E-state index in [1.807, 2.05) is 18.2 Å². The molecule has 1 aromatic heterocycles. The Labute approximate surface area is 184 Å². The number of alkyl halides is 3. The van der Waals surface area contributed by atoms with Crippen LogP contribution in [0.5, 0.6) is 0 Å². The van der Waals surface area contributed by atoms with Crippen LogP contribution in [-0.2, 0) is 17.4 Å². The van der Waals surface area contributed by atoms with Crippen LogP contribution in [0.15, 0.2) is 54.6 Å². The second kappa shape index (κ2) is 9.54. The van der Waals surface area contributed by atoms with Crippen LogP contribution in [0.4, 0.5) is 19.0 Å². The van der Waals surface area contributed by atoms with Gasteiger partial charge in [0.25, 0.3) is 0 Å². The van der Waals surface area contributed by atoms with Crippen LogP contribution in [-0.4, -0.2) is 35.5 Å². The number of carbonyl (C=O) groups excluding carboxylic acids is 1. The minimum Gasteiger partial charge on any atom is -0.356 e. The summed E-state index contributed by atoms with van der Waals surface area (Å²) in [6, 6.07) is 16.6. The van der Waals surface area contributed by atoms with Crippen LogP contribution in [0.3, 0.4) is 0 Å². The molecule has 1 aliphatic heterocycles. The quantitative estimate of drug-likeness (QED) is 0.567. The zero-order valence-electron chi connectivity index (χ0n) is 17.6. The van der Waals surface area contributed by atoms with Gasteiger partial charge in [-0.3, -0.25) is 4.79 Å². The summed E-state index contributed by atoms with van der Waals surface area (Å²) in [6.45, 7) is 1.25. The van der Waals surface area contributed by atoms with E-state index < -0.39 is 11.9 Å². The molecule has 5 nitrogen and oxygen atoms in total. The molecule has 1 saturated heterocycles. The lowest BCUT2D eigenvalue weighted by Gasteiger charge is -2.33. The summed E-state index contributed by atoms with van der Waals surface area (Å²) < 4.78 is 40.9. The first kappa shape index (κ1) is 22.0. The average Bonchev–Trinajstić information content (AvgIpc) is 2.81. The lowest BCUT2D eigenvalue weighted by atomic mass is 9.95. The van der Waals surface area contributed by atoms with Crippen molar-refractivity contribution in [2.45, 2.75) is 31.9 Å². The van der Waals surface area contributed by atoms with Gasteiger partial charge in [-0.15, -0.1) is 0 Å². The number of hydrogen-bond donors (Lipinski definition) is 1. The Morgan fingerprint density at radius 2 is 1.59 bits per heavy atom. The molecular formula is C24H25F3N4O. The number of nitrogens with one attached hydrogen (secondary N) is 1. The minimum absolute atomic E-state index is 0.0293. The molecule has 32 heavy (non-hydrogen) atoms. The number of halogens is 3. The first-order valence-corrected chi connectivity index (χ1v) is 10.8. The number of aryl methyl sites for hydroxylation is 1. The van der Waals surface area contributed by atoms with Gasteiger partial charge < -0.3 is 10.2 Å². The van der Waals surface area contributed by atoms with E-state index in [-0.39, 0.29) is 23.2 Å². The van der Waals surface area contributed by atoms with Crippen molar-refractivity contribution in [3.8, 4) is 0 Å². The molecule has 0 bridgehead atoms. The fourth-order valence-electron chi connectivity index (χ4n) is 4.05. The maximum Gasteiger partial charge on any atom is 0.437 e. The Balaban J connectivity index is 1.35. The number of para-hydroxylation sites is 2. The van der Waals surface area contributed by atoms with E-state index in [0.717, 1.165) is 12.8 Å². The average molecular weight is 442 g/mol. The Kier molecular flexibility index (Phi) is 6.58. The van der Waals surface area contributed by atoms with Crippen molar-refractivity contribution in [3.63, 3.8) is 0 Å². The van der Waals surface area contributed by atoms with Crippen molar-refractivity contribution in [2.75, 3.05) is 24.5 Å². The topological polar surface area (TPSA) is 58.1 Å². The number of fused-ring (bicyclic) bond motifs is 1. The Morgan fingerprint density at radius 1 is 0.969 bits per heavy atom. The summed E-state index contributed by atoms with van der Waals surface area (Å²) in [5, 5.41) is 2.97. The van der Waals surface area contributed by atoms with E-state index in [1.54, 1.807) is 23.1 Å². The first-order valence-electron chi connectivity index (χ1n) is 10.8. The van der Waals surface area contributed by atoms with Crippen molar-refractivity contribution in [2.24, 2.45) is 5.92 Å². The molecule has 0 radical (unpaired) electrons. The largest absolute Gasteiger partial charge is 0.437 e. The maximum atomic E-state index is 13.6. The van der Waals surface area contributed by atoms with Crippen molar-refractivity contribution >= 4 is 22.8 Å². The molecule has 1 fully saturated rings. The second-order valence-electron chi connectivity index (χ2n) is 8.02. The standard InChI is InChI=1S/C24H25F3N4O/c25-24(26,27)21-22(30-20-11-5-4-10-19(20)29-21)31-15-12-18(13-16-31)23(32)28-14-6-9-17-7-2-1-3-8-17/h1-5,7-8,10-11,18H,6,9,12-16H2,(H,28,32). The third-order valence-electron chi connectivity index (χ3n) is 5.77. The number of amides is 1. The van der Waals surface area contributed by atoms with Gasteiger partial charge in [0.15, 0.2) is 11.5 Å². The highest BCUT2D eigenvalue weighted by Crippen LogP contribution is 2.36. The fraction of sp³-hybridized carbons (Fsp3) is 0.375. The number of nitrogens with zero attached hydrogens (tertiary/aromatic N) is 3. The summed E-state index contributed by atoms with van der Waals surface area (Å²) in [6.07, 6.45) is -1.90. The van der Waals surface area contributed by atoms with Crippen LogP contribution in [0.2, 0.25) is 0 Å². The molecule has 1 amide bonds. The molecule has 2 aromatic carbocycles. The van der Waals surface area contributed by atoms with Gasteiger partial charge >= 0.3 is 6.18 Å². The number of anilines is 1. The van der Waals surface area contributed by atoms with Crippen molar-refractivity contribution in [1.82, 2.24) is 15.3 Å². The SMILES string of the molecule is O=C(NCCCc1ccccc1)C1CCN(c2nc3ccccc3nc2C(F)(F)F)CC1. The van der Waals surface area contributed by atoms with E-state index in [4.69, 9.17) is 0 Å². The smallest absolute Gasteiger partial charge is 0.356 e. The maximum absolute atomic E-state index is 13.6. The summed E-state index contributed by atoms with van der Waals surface area (Å²) in [7, 11) is 0. The molecule has 0 spiro atoms. The molecule has 4 rings (SSSR count). The monoisotopic (exact) mass is 442 g/mol. The number of benzene rings is 2. The van der Waals surface area contributed by atoms with Gasteiger partial charge in [-0.2, -0.15) is 13.2 Å². The molecule has 1 N–H and O–H groups in total. The lowest BCUT2D eigenvalue weighted by Crippen LogP contribution is -2.42. The second-order valence-corrected chi connectivity index (χ2v) is 8.02. The van der Waals surface area contributed by atoms with Crippen LogP contribution < -0.4 is 10.2 Å². The fourth-order valence-corrected chi connectivity index (χ4v) is 4.05. The predicted octanol–water partition coefficient (Wildman–Crippen LogP) is 4.61. The van der Waals surface area contributed by atoms with Gasteiger partial charge in [-0.1, -0.05) is 42.5 Å². The van der Waals surface area contributed by atoms with E-state index in [0.29, 0.717) is 38.0 Å². The predicted molar refractivity (Wildman–Crippen MR) is 117 cm³/mol. The lowest BCUT2D eigenvalue weighted by molar-refractivity contribution is -0.140. The van der Waals surface area contributed by atoms with Gasteiger partial charge in [0.2, 0.25) is 5.91 Å². The molecule has 0 saturated carbocycles. The van der Waals surface area contributed by atoms with Crippen LogP contribution in [0, 0.1) is 5.92 Å². The van der Waals surface area contributed by atoms with E-state index in [9.17, 15) is 18.0 Å². The number of hydrogen-bond acceptors (Lipinski definition) is 4. The molecule has 0 aliphatic carbocycles. The van der Waals surface area contributed by atoms with Crippen LogP contribution in [0.25, 0.3) is 11.0 Å². The van der Waals surface area contributed by atoms with E-state index >= 15 is 0 Å². The Hall–Kier alpha value is -3.16. The molecule has 0 atom stereocenters. The van der Waals surface area contributed by atoms with Gasteiger partial charge in [-0.25, -0.2) is 9.97 Å². The summed E-state index contributed by atoms with van der Waals surface area (Å²) in [5.41, 5.74) is 0.897. The van der Waals surface area contributed by atoms with Crippen molar-refractivity contribution < 1.29 is 18.0 Å². The number of carbonyl (C=O) groups is 1. The van der Waals surface area contributed by atoms with Gasteiger partial charge in [-0.05, 0) is 43.4 Å². The first-order chi connectivity index (χ1) is 15.4. The number of aromatic nitrogens is 2. The third-order valence-corrected chi connectivity index (χ3v) is 5.77. The Bertz CT molecular complexity index is 1060. The minimum atomic E-state index is -4.60. The van der Waals surface area contributed by atoms with Crippen molar-refractivity contribution in [3.05, 3.63) is 65.9 Å².